The standard InChI is InChI=1S/C14H14Cl2N2O/c1-18(2)11-4-3-5-12(8-11)19-9-10-6-7-13(15)17-14(10)16/h3-8H,9H2,1-2H3. The molecule has 0 spiro atoms. The molecule has 0 N–H and O–H groups in total. The average molecular weight is 297 g/mol. The molecule has 2 rings (SSSR count). The largest absolute Gasteiger partial charge is 0.489 e. The molecule has 0 aliphatic heterocycles. The Morgan fingerprint density at radius 2 is 1.95 bits per heavy atom. The maximum absolute atomic E-state index is 5.99. The fraction of sp³-hybridized carbons (Fsp3) is 0.214. The molecule has 0 unspecified atom stereocenters. The second-order valence-electron chi connectivity index (χ2n) is 4.26. The minimum Gasteiger partial charge on any atom is -0.489 e. The maximum Gasteiger partial charge on any atom is 0.137 e. The lowest BCUT2D eigenvalue weighted by molar-refractivity contribution is 0.306. The number of rotatable bonds is 4. The van der Waals surface area contributed by atoms with Gasteiger partial charge in [-0.2, -0.15) is 0 Å². The predicted octanol–water partition coefficient (Wildman–Crippen LogP) is 4.03. The van der Waals surface area contributed by atoms with Crippen molar-refractivity contribution >= 4 is 28.9 Å². The number of aromatic nitrogens is 1. The molecule has 0 saturated carbocycles. The molecule has 0 amide bonds. The molecule has 1 heterocycles. The van der Waals surface area contributed by atoms with Crippen LogP contribution in [0.2, 0.25) is 10.3 Å². The Morgan fingerprint density at radius 3 is 2.63 bits per heavy atom. The third-order valence-electron chi connectivity index (χ3n) is 2.62. The molecule has 3 nitrogen and oxygen atoms in total. The third kappa shape index (κ3) is 3.75. The number of hydrogen-bond donors (Lipinski definition) is 0. The van der Waals surface area contributed by atoms with Crippen LogP contribution in [0.1, 0.15) is 5.56 Å². The highest BCUT2D eigenvalue weighted by Crippen LogP contribution is 2.22. The summed E-state index contributed by atoms with van der Waals surface area (Å²) in [5.74, 6) is 0.789. The van der Waals surface area contributed by atoms with Crippen LogP contribution in [0.5, 0.6) is 5.75 Å². The van der Waals surface area contributed by atoms with E-state index in [0.29, 0.717) is 16.9 Å². The maximum atomic E-state index is 5.99. The summed E-state index contributed by atoms with van der Waals surface area (Å²) in [7, 11) is 3.97. The van der Waals surface area contributed by atoms with Crippen molar-refractivity contribution in [2.75, 3.05) is 19.0 Å². The molecule has 0 radical (unpaired) electrons. The molecule has 0 bridgehead atoms. The monoisotopic (exact) mass is 296 g/mol. The first-order valence-corrected chi connectivity index (χ1v) is 6.53. The van der Waals surface area contributed by atoms with Crippen LogP contribution >= 0.6 is 23.2 Å². The van der Waals surface area contributed by atoms with E-state index in [2.05, 4.69) is 4.98 Å². The van der Waals surface area contributed by atoms with Gasteiger partial charge in [0.25, 0.3) is 0 Å². The summed E-state index contributed by atoms with van der Waals surface area (Å²) in [5.41, 5.74) is 1.89. The van der Waals surface area contributed by atoms with Crippen molar-refractivity contribution < 1.29 is 4.74 Å². The second kappa shape index (κ2) is 6.13. The summed E-state index contributed by atoms with van der Waals surface area (Å²) in [6, 6.07) is 11.4. The van der Waals surface area contributed by atoms with Gasteiger partial charge in [-0.15, -0.1) is 0 Å². The Bertz CT molecular complexity index is 573. The Balaban J connectivity index is 2.08. The molecule has 5 heteroatoms. The lowest BCUT2D eigenvalue weighted by Crippen LogP contribution is -2.08. The van der Waals surface area contributed by atoms with Crippen LogP contribution in [0, 0.1) is 0 Å². The Hall–Kier alpha value is -1.45. The van der Waals surface area contributed by atoms with Gasteiger partial charge >= 0.3 is 0 Å². The van der Waals surface area contributed by atoms with Crippen molar-refractivity contribution in [1.82, 2.24) is 4.98 Å². The highest BCUT2D eigenvalue weighted by atomic mass is 35.5. The zero-order valence-corrected chi connectivity index (χ0v) is 12.2. The van der Waals surface area contributed by atoms with Crippen molar-refractivity contribution in [2.24, 2.45) is 0 Å². The van der Waals surface area contributed by atoms with Gasteiger partial charge in [-0.05, 0) is 24.3 Å². The van der Waals surface area contributed by atoms with Crippen LogP contribution in [0.4, 0.5) is 5.69 Å². The van der Waals surface area contributed by atoms with E-state index in [4.69, 9.17) is 27.9 Å². The van der Waals surface area contributed by atoms with Crippen molar-refractivity contribution in [3.05, 3.63) is 52.3 Å². The van der Waals surface area contributed by atoms with Crippen LogP contribution < -0.4 is 9.64 Å². The molecule has 0 aliphatic rings. The first-order chi connectivity index (χ1) is 9.06. The van der Waals surface area contributed by atoms with Crippen LogP contribution in [0.15, 0.2) is 36.4 Å². The Labute approximate surface area is 122 Å². The topological polar surface area (TPSA) is 25.4 Å². The normalized spacial score (nSPS) is 10.3. The number of ether oxygens (including phenoxy) is 1. The first kappa shape index (κ1) is 14.0. The summed E-state index contributed by atoms with van der Waals surface area (Å²) in [6.07, 6.45) is 0. The minimum absolute atomic E-state index is 0.361. The van der Waals surface area contributed by atoms with Crippen LogP contribution in [0.25, 0.3) is 0 Å². The van der Waals surface area contributed by atoms with Gasteiger partial charge in [0, 0.05) is 31.4 Å². The van der Waals surface area contributed by atoms with Crippen molar-refractivity contribution in [3.8, 4) is 5.75 Å². The molecule has 19 heavy (non-hydrogen) atoms. The van der Waals surface area contributed by atoms with Gasteiger partial charge in [0.15, 0.2) is 0 Å². The van der Waals surface area contributed by atoms with E-state index in [1.54, 1.807) is 6.07 Å². The van der Waals surface area contributed by atoms with Crippen LogP contribution in [-0.2, 0) is 6.61 Å². The lowest BCUT2D eigenvalue weighted by Gasteiger charge is -2.14. The number of hydrogen-bond acceptors (Lipinski definition) is 3. The van der Waals surface area contributed by atoms with Gasteiger partial charge in [0.05, 0.1) is 0 Å². The molecule has 0 saturated heterocycles. The van der Waals surface area contributed by atoms with E-state index in [9.17, 15) is 0 Å². The van der Waals surface area contributed by atoms with Gasteiger partial charge in [-0.3, -0.25) is 0 Å². The third-order valence-corrected chi connectivity index (χ3v) is 3.16. The van der Waals surface area contributed by atoms with E-state index in [-0.39, 0.29) is 0 Å². The van der Waals surface area contributed by atoms with Gasteiger partial charge in [-0.1, -0.05) is 29.3 Å². The zero-order valence-electron chi connectivity index (χ0n) is 10.7. The summed E-state index contributed by atoms with van der Waals surface area (Å²) in [4.78, 5) is 5.99. The van der Waals surface area contributed by atoms with Crippen LogP contribution in [0.3, 0.4) is 0 Å². The highest BCUT2D eigenvalue weighted by molar-refractivity contribution is 6.32. The van der Waals surface area contributed by atoms with E-state index in [0.717, 1.165) is 17.0 Å². The Morgan fingerprint density at radius 1 is 1.16 bits per heavy atom. The van der Waals surface area contributed by atoms with Gasteiger partial charge in [0.2, 0.25) is 0 Å². The lowest BCUT2D eigenvalue weighted by atomic mass is 10.3. The molecule has 100 valence electrons. The molecule has 0 fully saturated rings. The number of halogens is 2. The second-order valence-corrected chi connectivity index (χ2v) is 5.01. The minimum atomic E-state index is 0.361. The fourth-order valence-corrected chi connectivity index (χ4v) is 1.96. The molecular weight excluding hydrogens is 283 g/mol. The zero-order chi connectivity index (χ0) is 13.8. The fourth-order valence-electron chi connectivity index (χ4n) is 1.56. The summed E-state index contributed by atoms with van der Waals surface area (Å²) in [5, 5.41) is 0.750. The molecule has 1 aromatic heterocycles. The van der Waals surface area contributed by atoms with Crippen molar-refractivity contribution in [1.29, 1.82) is 0 Å². The summed E-state index contributed by atoms with van der Waals surface area (Å²) in [6.45, 7) is 0.361. The predicted molar refractivity (Wildman–Crippen MR) is 79.4 cm³/mol. The average Bonchev–Trinajstić information content (AvgIpc) is 2.38. The van der Waals surface area contributed by atoms with Crippen molar-refractivity contribution in [3.63, 3.8) is 0 Å². The van der Waals surface area contributed by atoms with Gasteiger partial charge in [0.1, 0.15) is 22.7 Å². The number of nitrogens with zero attached hydrogens (tertiary/aromatic N) is 2. The van der Waals surface area contributed by atoms with Gasteiger partial charge in [-0.25, -0.2) is 4.98 Å². The van der Waals surface area contributed by atoms with Crippen molar-refractivity contribution in [2.45, 2.75) is 6.61 Å². The number of benzene rings is 1. The SMILES string of the molecule is CN(C)c1cccc(OCc2ccc(Cl)nc2Cl)c1. The highest BCUT2D eigenvalue weighted by Gasteiger charge is 2.04. The summed E-state index contributed by atoms with van der Waals surface area (Å²) >= 11 is 11.7. The molecular formula is C14H14Cl2N2O. The quantitative estimate of drug-likeness (QED) is 0.797. The van der Waals surface area contributed by atoms with E-state index in [1.165, 1.54) is 0 Å². The summed E-state index contributed by atoms with van der Waals surface area (Å²) < 4.78 is 5.71. The van der Waals surface area contributed by atoms with E-state index < -0.39 is 0 Å². The van der Waals surface area contributed by atoms with Crippen LogP contribution in [-0.4, -0.2) is 19.1 Å². The van der Waals surface area contributed by atoms with E-state index in [1.807, 2.05) is 49.3 Å². The number of pyridine rings is 1. The molecule has 2 aromatic rings. The molecule has 0 atom stereocenters. The van der Waals surface area contributed by atoms with Gasteiger partial charge < -0.3 is 9.64 Å². The first-order valence-electron chi connectivity index (χ1n) is 5.77. The number of anilines is 1. The smallest absolute Gasteiger partial charge is 0.137 e. The van der Waals surface area contributed by atoms with E-state index >= 15 is 0 Å². The molecule has 1 aromatic carbocycles. The Kier molecular flexibility index (Phi) is 4.51. The molecule has 0 aliphatic carbocycles.